The number of rotatable bonds is 2. The number of pyridine rings is 2. The second-order valence-electron chi connectivity index (χ2n) is 4.31. The van der Waals surface area contributed by atoms with Crippen LogP contribution < -0.4 is 0 Å². The van der Waals surface area contributed by atoms with Gasteiger partial charge in [0.05, 0.1) is 10.6 Å². The molecule has 0 aliphatic carbocycles. The lowest BCUT2D eigenvalue weighted by molar-refractivity contribution is -0.121. The second kappa shape index (κ2) is 5.88. The molecule has 2 aromatic rings. The first-order chi connectivity index (χ1) is 10.2. The van der Waals surface area contributed by atoms with E-state index in [-0.39, 0.29) is 5.91 Å². The molecule has 3 heterocycles. The SMILES string of the molecule is CN1C(=O)/C(=C/c2ccccn2)S/C1=N/c1ccccn1. The molecule has 0 aromatic carbocycles. The van der Waals surface area contributed by atoms with Crippen molar-refractivity contribution in [2.24, 2.45) is 4.99 Å². The normalized spacial score (nSPS) is 18.7. The summed E-state index contributed by atoms with van der Waals surface area (Å²) < 4.78 is 0. The fraction of sp³-hybridized carbons (Fsp3) is 0.0667. The summed E-state index contributed by atoms with van der Waals surface area (Å²) >= 11 is 1.32. The van der Waals surface area contributed by atoms with E-state index >= 15 is 0 Å². The highest BCUT2D eigenvalue weighted by molar-refractivity contribution is 8.18. The summed E-state index contributed by atoms with van der Waals surface area (Å²) in [5, 5.41) is 0.612. The van der Waals surface area contributed by atoms with E-state index in [1.807, 2.05) is 30.3 Å². The van der Waals surface area contributed by atoms with E-state index < -0.39 is 0 Å². The summed E-state index contributed by atoms with van der Waals surface area (Å²) in [4.78, 5) is 27.1. The summed E-state index contributed by atoms with van der Waals surface area (Å²) in [6.45, 7) is 0. The van der Waals surface area contributed by atoms with Gasteiger partial charge in [0.25, 0.3) is 5.91 Å². The maximum absolute atomic E-state index is 12.2. The highest BCUT2D eigenvalue weighted by atomic mass is 32.2. The summed E-state index contributed by atoms with van der Waals surface area (Å²) in [5.74, 6) is 0.499. The Hall–Kier alpha value is -2.47. The van der Waals surface area contributed by atoms with E-state index in [0.29, 0.717) is 15.9 Å². The fourth-order valence-corrected chi connectivity index (χ4v) is 2.72. The molecule has 1 amide bonds. The first-order valence-electron chi connectivity index (χ1n) is 6.32. The van der Waals surface area contributed by atoms with Gasteiger partial charge in [-0.15, -0.1) is 0 Å². The van der Waals surface area contributed by atoms with Crippen molar-refractivity contribution in [1.29, 1.82) is 0 Å². The number of aromatic nitrogens is 2. The maximum Gasteiger partial charge on any atom is 0.266 e. The van der Waals surface area contributed by atoms with Crippen LogP contribution in [-0.4, -0.2) is 33.0 Å². The molecule has 104 valence electrons. The van der Waals surface area contributed by atoms with Crippen molar-refractivity contribution in [3.05, 3.63) is 59.4 Å². The van der Waals surface area contributed by atoms with Crippen molar-refractivity contribution in [2.75, 3.05) is 7.05 Å². The van der Waals surface area contributed by atoms with Crippen molar-refractivity contribution < 1.29 is 4.79 Å². The number of likely N-dealkylation sites (N-methyl/N-ethyl adjacent to an activating group) is 1. The van der Waals surface area contributed by atoms with Crippen LogP contribution >= 0.6 is 11.8 Å². The van der Waals surface area contributed by atoms with E-state index in [0.717, 1.165) is 5.69 Å². The third kappa shape index (κ3) is 3.00. The predicted octanol–water partition coefficient (Wildman–Crippen LogP) is 2.71. The summed E-state index contributed by atoms with van der Waals surface area (Å²) in [6, 6.07) is 11.1. The molecule has 0 spiro atoms. The molecule has 1 saturated heterocycles. The van der Waals surface area contributed by atoms with Crippen LogP contribution in [0, 0.1) is 0 Å². The molecule has 2 aromatic heterocycles. The lowest BCUT2D eigenvalue weighted by Gasteiger charge is -2.06. The molecule has 0 bridgehead atoms. The van der Waals surface area contributed by atoms with Gasteiger partial charge in [0.1, 0.15) is 0 Å². The molecule has 1 fully saturated rings. The van der Waals surface area contributed by atoms with Crippen LogP contribution in [0.1, 0.15) is 5.69 Å². The predicted molar refractivity (Wildman–Crippen MR) is 83.9 cm³/mol. The maximum atomic E-state index is 12.2. The highest BCUT2D eigenvalue weighted by Gasteiger charge is 2.30. The molecule has 0 saturated carbocycles. The van der Waals surface area contributed by atoms with E-state index in [1.165, 1.54) is 16.7 Å². The van der Waals surface area contributed by atoms with Crippen molar-refractivity contribution in [3.63, 3.8) is 0 Å². The number of hydrogen-bond donors (Lipinski definition) is 0. The molecule has 0 unspecified atom stereocenters. The van der Waals surface area contributed by atoms with Crippen LogP contribution in [-0.2, 0) is 4.79 Å². The molecular weight excluding hydrogens is 284 g/mol. The van der Waals surface area contributed by atoms with Crippen LogP contribution in [0.25, 0.3) is 6.08 Å². The number of carbonyl (C=O) groups is 1. The van der Waals surface area contributed by atoms with Crippen LogP contribution in [0.5, 0.6) is 0 Å². The fourth-order valence-electron chi connectivity index (χ4n) is 1.77. The van der Waals surface area contributed by atoms with Gasteiger partial charge in [0.15, 0.2) is 11.0 Å². The Kier molecular flexibility index (Phi) is 3.79. The van der Waals surface area contributed by atoms with Gasteiger partial charge in [0, 0.05) is 19.4 Å². The Bertz CT molecular complexity index is 713. The zero-order valence-electron chi connectivity index (χ0n) is 11.3. The lowest BCUT2D eigenvalue weighted by Crippen LogP contribution is -2.23. The molecule has 6 heteroatoms. The van der Waals surface area contributed by atoms with Gasteiger partial charge >= 0.3 is 0 Å². The van der Waals surface area contributed by atoms with Crippen LogP contribution in [0.15, 0.2) is 58.7 Å². The van der Waals surface area contributed by atoms with Crippen LogP contribution in [0.4, 0.5) is 5.82 Å². The minimum Gasteiger partial charge on any atom is -0.289 e. The Morgan fingerprint density at radius 1 is 1.14 bits per heavy atom. The first-order valence-corrected chi connectivity index (χ1v) is 7.14. The summed E-state index contributed by atoms with van der Waals surface area (Å²) in [6.07, 6.45) is 5.14. The van der Waals surface area contributed by atoms with Gasteiger partial charge in [-0.3, -0.25) is 14.7 Å². The molecule has 0 radical (unpaired) electrons. The topological polar surface area (TPSA) is 58.5 Å². The number of thioether (sulfide) groups is 1. The van der Waals surface area contributed by atoms with E-state index in [1.54, 1.807) is 31.6 Å². The number of hydrogen-bond acceptors (Lipinski definition) is 5. The second-order valence-corrected chi connectivity index (χ2v) is 5.32. The molecular formula is C15H12N4OS. The average Bonchev–Trinajstić information content (AvgIpc) is 2.78. The highest BCUT2D eigenvalue weighted by Crippen LogP contribution is 2.32. The first kappa shape index (κ1) is 13.5. The minimum atomic E-state index is -0.0830. The minimum absolute atomic E-state index is 0.0830. The molecule has 1 aliphatic heterocycles. The zero-order valence-corrected chi connectivity index (χ0v) is 12.1. The van der Waals surface area contributed by atoms with Gasteiger partial charge in [-0.05, 0) is 42.1 Å². The quantitative estimate of drug-likeness (QED) is 0.800. The van der Waals surface area contributed by atoms with Crippen LogP contribution in [0.2, 0.25) is 0 Å². The Labute approximate surface area is 126 Å². The van der Waals surface area contributed by atoms with Gasteiger partial charge in [-0.2, -0.15) is 0 Å². The number of amides is 1. The van der Waals surface area contributed by atoms with Crippen molar-refractivity contribution in [3.8, 4) is 0 Å². The molecule has 21 heavy (non-hydrogen) atoms. The van der Waals surface area contributed by atoms with Gasteiger partial charge < -0.3 is 0 Å². The monoisotopic (exact) mass is 296 g/mol. The number of amidine groups is 1. The smallest absolute Gasteiger partial charge is 0.266 e. The van der Waals surface area contributed by atoms with Crippen molar-refractivity contribution in [2.45, 2.75) is 0 Å². The molecule has 0 atom stereocenters. The summed E-state index contributed by atoms with van der Waals surface area (Å²) in [5.41, 5.74) is 0.751. The van der Waals surface area contributed by atoms with Crippen LogP contribution in [0.3, 0.4) is 0 Å². The molecule has 1 aliphatic rings. The largest absolute Gasteiger partial charge is 0.289 e. The Balaban J connectivity index is 1.89. The number of carbonyl (C=O) groups excluding carboxylic acids is 1. The standard InChI is InChI=1S/C15H12N4OS/c1-19-14(20)12(10-11-6-2-4-8-16-11)21-15(19)18-13-7-3-5-9-17-13/h2-10H,1H3/b12-10-,18-15+. The summed E-state index contributed by atoms with van der Waals surface area (Å²) in [7, 11) is 1.70. The van der Waals surface area contributed by atoms with Crippen molar-refractivity contribution in [1.82, 2.24) is 14.9 Å². The van der Waals surface area contributed by atoms with E-state index in [2.05, 4.69) is 15.0 Å². The number of nitrogens with zero attached hydrogens (tertiary/aromatic N) is 4. The average molecular weight is 296 g/mol. The Morgan fingerprint density at radius 2 is 1.90 bits per heavy atom. The molecule has 0 N–H and O–H groups in total. The van der Waals surface area contributed by atoms with E-state index in [4.69, 9.17) is 0 Å². The van der Waals surface area contributed by atoms with Gasteiger partial charge in [-0.1, -0.05) is 12.1 Å². The number of aliphatic imine (C=N–C) groups is 1. The zero-order chi connectivity index (χ0) is 14.7. The van der Waals surface area contributed by atoms with Gasteiger partial charge in [0.2, 0.25) is 0 Å². The van der Waals surface area contributed by atoms with Crippen molar-refractivity contribution >= 4 is 34.7 Å². The lowest BCUT2D eigenvalue weighted by atomic mass is 10.3. The third-order valence-corrected chi connectivity index (χ3v) is 3.89. The molecule has 3 rings (SSSR count). The molecule has 5 nitrogen and oxygen atoms in total. The third-order valence-electron chi connectivity index (χ3n) is 2.83. The Morgan fingerprint density at radius 3 is 2.57 bits per heavy atom. The van der Waals surface area contributed by atoms with E-state index in [9.17, 15) is 4.79 Å². The van der Waals surface area contributed by atoms with Gasteiger partial charge in [-0.25, -0.2) is 9.98 Å².